The Labute approximate surface area is 160 Å². The standard InChI is InChI=1S/C20H17NO5S/c1-2-26-15-9-7-13(8-10-15)11-17-18(22)21(20(25)27-17)12-14-5-3-4-6-16(14)19(23)24/h3-11H,2,12H2,1H3,(H,23,24). The third-order valence-corrected chi connectivity index (χ3v) is 4.85. The van der Waals surface area contributed by atoms with Crippen LogP contribution in [0.3, 0.4) is 0 Å². The van der Waals surface area contributed by atoms with E-state index in [1.54, 1.807) is 48.5 Å². The van der Waals surface area contributed by atoms with Crippen LogP contribution in [0.5, 0.6) is 5.75 Å². The van der Waals surface area contributed by atoms with E-state index >= 15 is 0 Å². The number of imide groups is 1. The molecule has 2 amide bonds. The maximum absolute atomic E-state index is 12.6. The minimum atomic E-state index is -1.09. The minimum Gasteiger partial charge on any atom is -0.494 e. The van der Waals surface area contributed by atoms with E-state index in [9.17, 15) is 19.5 Å². The number of carboxylic acids is 1. The van der Waals surface area contributed by atoms with E-state index in [1.165, 1.54) is 6.07 Å². The molecule has 0 unspecified atom stereocenters. The molecule has 3 rings (SSSR count). The first-order valence-corrected chi connectivity index (χ1v) is 9.10. The Morgan fingerprint density at radius 3 is 2.52 bits per heavy atom. The van der Waals surface area contributed by atoms with Crippen molar-refractivity contribution in [2.24, 2.45) is 0 Å². The number of nitrogens with zero attached hydrogens (tertiary/aromatic N) is 1. The fourth-order valence-corrected chi connectivity index (χ4v) is 3.49. The summed E-state index contributed by atoms with van der Waals surface area (Å²) in [5, 5.41) is 8.84. The van der Waals surface area contributed by atoms with Crippen LogP contribution in [0.1, 0.15) is 28.4 Å². The van der Waals surface area contributed by atoms with Crippen molar-refractivity contribution < 1.29 is 24.2 Å². The molecule has 0 aliphatic carbocycles. The molecule has 0 aromatic heterocycles. The largest absolute Gasteiger partial charge is 0.494 e. The van der Waals surface area contributed by atoms with Crippen LogP contribution in [0, 0.1) is 0 Å². The van der Waals surface area contributed by atoms with Gasteiger partial charge in [0.15, 0.2) is 0 Å². The van der Waals surface area contributed by atoms with Crippen LogP contribution in [-0.2, 0) is 11.3 Å². The zero-order valence-electron chi connectivity index (χ0n) is 14.5. The Morgan fingerprint density at radius 1 is 1.15 bits per heavy atom. The molecule has 7 heteroatoms. The first kappa shape index (κ1) is 18.7. The van der Waals surface area contributed by atoms with E-state index in [-0.39, 0.29) is 12.1 Å². The smallest absolute Gasteiger partial charge is 0.336 e. The number of hydrogen-bond donors (Lipinski definition) is 1. The molecule has 6 nitrogen and oxygen atoms in total. The lowest BCUT2D eigenvalue weighted by molar-refractivity contribution is -0.123. The summed E-state index contributed by atoms with van der Waals surface area (Å²) in [4.78, 5) is 37.6. The molecule has 138 valence electrons. The van der Waals surface area contributed by atoms with Gasteiger partial charge in [-0.1, -0.05) is 30.3 Å². The highest BCUT2D eigenvalue weighted by Gasteiger charge is 2.35. The maximum Gasteiger partial charge on any atom is 0.336 e. The lowest BCUT2D eigenvalue weighted by Crippen LogP contribution is -2.28. The summed E-state index contributed by atoms with van der Waals surface area (Å²) in [6.07, 6.45) is 1.64. The Kier molecular flexibility index (Phi) is 5.61. The van der Waals surface area contributed by atoms with Crippen LogP contribution in [0.15, 0.2) is 53.4 Å². The fourth-order valence-electron chi connectivity index (χ4n) is 2.65. The molecule has 1 saturated heterocycles. The van der Waals surface area contributed by atoms with Gasteiger partial charge in [0.25, 0.3) is 11.1 Å². The molecule has 0 radical (unpaired) electrons. The lowest BCUT2D eigenvalue weighted by atomic mass is 10.1. The quantitative estimate of drug-likeness (QED) is 0.759. The molecule has 1 N–H and O–H groups in total. The van der Waals surface area contributed by atoms with Gasteiger partial charge < -0.3 is 9.84 Å². The second kappa shape index (κ2) is 8.09. The van der Waals surface area contributed by atoms with Gasteiger partial charge in [-0.25, -0.2) is 4.79 Å². The highest BCUT2D eigenvalue weighted by Crippen LogP contribution is 2.33. The molecule has 1 heterocycles. The predicted molar refractivity (Wildman–Crippen MR) is 103 cm³/mol. The van der Waals surface area contributed by atoms with Crippen molar-refractivity contribution >= 4 is 35.0 Å². The van der Waals surface area contributed by atoms with Crippen LogP contribution in [0.4, 0.5) is 4.79 Å². The number of carbonyl (C=O) groups excluding carboxylic acids is 2. The molecule has 1 aliphatic heterocycles. The molecule has 0 bridgehead atoms. The number of carboxylic acid groups (broad SMARTS) is 1. The van der Waals surface area contributed by atoms with E-state index in [0.717, 1.165) is 28.0 Å². The molecular formula is C20H17NO5S. The topological polar surface area (TPSA) is 83.9 Å². The third kappa shape index (κ3) is 4.20. The number of hydrogen-bond acceptors (Lipinski definition) is 5. The molecule has 0 spiro atoms. The van der Waals surface area contributed by atoms with Gasteiger partial charge in [-0.15, -0.1) is 0 Å². The number of benzene rings is 2. The predicted octanol–water partition coefficient (Wildman–Crippen LogP) is 4.02. The van der Waals surface area contributed by atoms with Gasteiger partial charge in [0.05, 0.1) is 23.6 Å². The summed E-state index contributed by atoms with van der Waals surface area (Å²) in [5.74, 6) is -0.797. The van der Waals surface area contributed by atoms with E-state index in [1.807, 2.05) is 6.92 Å². The monoisotopic (exact) mass is 383 g/mol. The number of aromatic carboxylic acids is 1. The maximum atomic E-state index is 12.6. The second-order valence-corrected chi connectivity index (χ2v) is 6.73. The van der Waals surface area contributed by atoms with Crippen molar-refractivity contribution in [2.45, 2.75) is 13.5 Å². The third-order valence-electron chi connectivity index (χ3n) is 3.94. The lowest BCUT2D eigenvalue weighted by Gasteiger charge is -2.14. The van der Waals surface area contributed by atoms with Crippen LogP contribution >= 0.6 is 11.8 Å². The summed E-state index contributed by atoms with van der Waals surface area (Å²) in [5.41, 5.74) is 1.26. The zero-order valence-corrected chi connectivity index (χ0v) is 15.4. The van der Waals surface area contributed by atoms with Gasteiger partial charge in [0, 0.05) is 0 Å². The Morgan fingerprint density at radius 2 is 1.85 bits per heavy atom. The van der Waals surface area contributed by atoms with Gasteiger partial charge in [-0.3, -0.25) is 14.5 Å². The second-order valence-electron chi connectivity index (χ2n) is 5.73. The van der Waals surface area contributed by atoms with Crippen molar-refractivity contribution in [1.29, 1.82) is 0 Å². The molecular weight excluding hydrogens is 366 g/mol. The van der Waals surface area contributed by atoms with Crippen molar-refractivity contribution in [3.05, 3.63) is 70.1 Å². The van der Waals surface area contributed by atoms with E-state index in [0.29, 0.717) is 17.1 Å². The van der Waals surface area contributed by atoms with Gasteiger partial charge in [-0.05, 0) is 54.1 Å². The van der Waals surface area contributed by atoms with Crippen molar-refractivity contribution in [3.63, 3.8) is 0 Å². The molecule has 0 saturated carbocycles. The van der Waals surface area contributed by atoms with Crippen LogP contribution in [0.25, 0.3) is 6.08 Å². The average Bonchev–Trinajstić information content (AvgIpc) is 2.91. The zero-order chi connectivity index (χ0) is 19.4. The van der Waals surface area contributed by atoms with Crippen LogP contribution < -0.4 is 4.74 Å². The minimum absolute atomic E-state index is 0.0756. The molecule has 2 aromatic rings. The first-order valence-electron chi connectivity index (χ1n) is 8.29. The van der Waals surface area contributed by atoms with Crippen LogP contribution in [-0.4, -0.2) is 33.7 Å². The normalized spacial score (nSPS) is 15.4. The summed E-state index contributed by atoms with van der Waals surface area (Å²) in [7, 11) is 0. The van der Waals surface area contributed by atoms with Gasteiger partial charge >= 0.3 is 5.97 Å². The number of ether oxygens (including phenoxy) is 1. The van der Waals surface area contributed by atoms with Gasteiger partial charge in [0.1, 0.15) is 5.75 Å². The van der Waals surface area contributed by atoms with E-state index in [4.69, 9.17) is 4.74 Å². The number of thioether (sulfide) groups is 1. The first-order chi connectivity index (χ1) is 13.0. The summed E-state index contributed by atoms with van der Waals surface area (Å²) in [6.45, 7) is 2.39. The highest BCUT2D eigenvalue weighted by molar-refractivity contribution is 8.18. The van der Waals surface area contributed by atoms with Gasteiger partial charge in [0.2, 0.25) is 0 Å². The molecule has 27 heavy (non-hydrogen) atoms. The Bertz CT molecular complexity index is 920. The highest BCUT2D eigenvalue weighted by atomic mass is 32.2. The summed E-state index contributed by atoms with van der Waals surface area (Å²) >= 11 is 0.844. The van der Waals surface area contributed by atoms with Crippen molar-refractivity contribution in [3.8, 4) is 5.75 Å². The number of amides is 2. The summed E-state index contributed by atoms with van der Waals surface area (Å²) < 4.78 is 5.38. The molecule has 0 atom stereocenters. The molecule has 2 aromatic carbocycles. The van der Waals surface area contributed by atoms with Crippen molar-refractivity contribution in [1.82, 2.24) is 4.90 Å². The fraction of sp³-hybridized carbons (Fsp3) is 0.150. The Hall–Kier alpha value is -3.06. The number of rotatable bonds is 6. The number of carbonyl (C=O) groups is 3. The molecule has 1 aliphatic rings. The van der Waals surface area contributed by atoms with Crippen molar-refractivity contribution in [2.75, 3.05) is 6.61 Å². The SMILES string of the molecule is CCOc1ccc(C=C2SC(=O)N(Cc3ccccc3C(=O)O)C2=O)cc1. The van der Waals surface area contributed by atoms with E-state index in [2.05, 4.69) is 0 Å². The van der Waals surface area contributed by atoms with Gasteiger partial charge in [-0.2, -0.15) is 0 Å². The average molecular weight is 383 g/mol. The van der Waals surface area contributed by atoms with E-state index < -0.39 is 17.1 Å². The van der Waals surface area contributed by atoms with Crippen LogP contribution in [0.2, 0.25) is 0 Å². The Balaban J connectivity index is 1.80. The molecule has 1 fully saturated rings. The summed E-state index contributed by atoms with van der Waals surface area (Å²) in [6, 6.07) is 13.5.